The minimum atomic E-state index is -1.72. The van der Waals surface area contributed by atoms with Crippen LogP contribution in [0.25, 0.3) is 0 Å². The van der Waals surface area contributed by atoms with Crippen molar-refractivity contribution in [1.82, 2.24) is 21.3 Å². The van der Waals surface area contributed by atoms with Crippen LogP contribution < -0.4 is 30.7 Å². The van der Waals surface area contributed by atoms with Gasteiger partial charge >= 0.3 is 6.09 Å². The Balaban J connectivity index is 2.21. The Kier molecular flexibility index (Phi) is 10.3. The molecule has 2 aliphatic rings. The quantitative estimate of drug-likeness (QED) is 0.294. The predicted octanol–water partition coefficient (Wildman–Crippen LogP) is 2.09. The molecule has 0 fully saturated rings. The molecule has 2 heterocycles. The monoisotopic (exact) mass is 617 g/mol. The molecule has 4 atom stereocenters. The van der Waals surface area contributed by atoms with E-state index in [0.717, 1.165) is 0 Å². The number of ether oxygens (including phenoxy) is 3. The van der Waals surface area contributed by atoms with Gasteiger partial charge < -0.3 is 45.7 Å². The first-order chi connectivity index (χ1) is 20.2. The number of carbonyl (C=O) groups is 4. The van der Waals surface area contributed by atoms with Gasteiger partial charge in [-0.2, -0.15) is 5.26 Å². The first kappa shape index (κ1) is 32.8. The number of aliphatic hydroxyl groups excluding tert-OH is 1. The lowest BCUT2D eigenvalue weighted by Gasteiger charge is -2.28. The van der Waals surface area contributed by atoms with Crippen molar-refractivity contribution in [3.05, 3.63) is 46.5 Å². The van der Waals surface area contributed by atoms with E-state index in [1.54, 1.807) is 26.8 Å². The van der Waals surface area contributed by atoms with Gasteiger partial charge in [0, 0.05) is 7.05 Å². The van der Waals surface area contributed by atoms with Crippen LogP contribution in [0.5, 0.6) is 23.0 Å². The molecule has 0 radical (unpaired) electrons. The second kappa shape index (κ2) is 13.5. The lowest BCUT2D eigenvalue weighted by molar-refractivity contribution is -0.133. The number of rotatable bonds is 4. The Morgan fingerprint density at radius 1 is 1.12 bits per heavy atom. The molecular weight excluding hydrogens is 586 g/mol. The third-order valence-electron chi connectivity index (χ3n) is 6.11. The molecule has 0 saturated heterocycles. The number of fused-ring (bicyclic) bond motifs is 9. The highest BCUT2D eigenvalue weighted by molar-refractivity contribution is 6.32. The van der Waals surface area contributed by atoms with E-state index in [2.05, 4.69) is 21.3 Å². The normalized spacial score (nSPS) is 20.5. The minimum Gasteiger partial charge on any atom is -0.504 e. The predicted molar refractivity (Wildman–Crippen MR) is 151 cm³/mol. The number of hydrogen-bond donors (Lipinski definition) is 6. The van der Waals surface area contributed by atoms with Gasteiger partial charge in [0.2, 0.25) is 23.5 Å². The van der Waals surface area contributed by atoms with Gasteiger partial charge in [-0.05, 0) is 56.2 Å². The molecule has 230 valence electrons. The molecule has 0 saturated carbocycles. The zero-order valence-electron chi connectivity index (χ0n) is 24.0. The summed E-state index contributed by atoms with van der Waals surface area (Å²) in [6, 6.07) is 3.62. The molecule has 0 aromatic heterocycles. The first-order valence-corrected chi connectivity index (χ1v) is 13.3. The van der Waals surface area contributed by atoms with Gasteiger partial charge in [-0.1, -0.05) is 17.7 Å². The van der Waals surface area contributed by atoms with E-state index in [4.69, 9.17) is 25.8 Å². The number of likely N-dealkylation sites (N-methyl/N-ethyl adjacent to an activating group) is 1. The van der Waals surface area contributed by atoms with Crippen LogP contribution in [-0.2, 0) is 19.1 Å². The summed E-state index contributed by atoms with van der Waals surface area (Å²) in [6.45, 7) is 4.79. The second-order valence-corrected chi connectivity index (χ2v) is 10.8. The fraction of sp³-hybridized carbons (Fsp3) is 0.393. The van der Waals surface area contributed by atoms with E-state index in [1.165, 1.54) is 44.5 Å². The average molecular weight is 618 g/mol. The van der Waals surface area contributed by atoms with Gasteiger partial charge in [0.25, 0.3) is 0 Å². The van der Waals surface area contributed by atoms with Crippen LogP contribution in [-0.4, -0.2) is 65.9 Å². The summed E-state index contributed by atoms with van der Waals surface area (Å²) in [6.07, 6.45) is -3.31. The Hall–Kier alpha value is -4.74. The molecule has 4 amide bonds. The molecule has 14 nitrogen and oxygen atoms in total. The van der Waals surface area contributed by atoms with Crippen molar-refractivity contribution in [2.45, 2.75) is 57.0 Å². The molecule has 15 heteroatoms. The SMILES string of the molecule is CNC(=O)[C@@H]1NC(=O)[C@@H](CC#N)NC(=O)[C@@H](NC(=O)OC(C)(C)C)[C@@H](O)c2ccc(c(Cl)c2)Oc2cc1cc(O)c2OC. The molecular formula is C28H32ClN5O9. The highest BCUT2D eigenvalue weighted by Gasteiger charge is 2.36. The van der Waals surface area contributed by atoms with Crippen molar-refractivity contribution in [2.24, 2.45) is 0 Å². The molecule has 2 aromatic rings. The molecule has 0 spiro atoms. The number of amides is 4. The van der Waals surface area contributed by atoms with Crippen molar-refractivity contribution in [3.8, 4) is 29.1 Å². The van der Waals surface area contributed by atoms with Crippen molar-refractivity contribution in [3.63, 3.8) is 0 Å². The number of aromatic hydroxyl groups is 1. The van der Waals surface area contributed by atoms with Crippen molar-refractivity contribution in [1.29, 1.82) is 5.26 Å². The van der Waals surface area contributed by atoms with Crippen LogP contribution >= 0.6 is 11.6 Å². The van der Waals surface area contributed by atoms with E-state index in [0.29, 0.717) is 0 Å². The summed E-state index contributed by atoms with van der Waals surface area (Å²) in [7, 11) is 2.60. The molecule has 4 bridgehead atoms. The Morgan fingerprint density at radius 2 is 1.81 bits per heavy atom. The highest BCUT2D eigenvalue weighted by atomic mass is 35.5. The van der Waals surface area contributed by atoms with E-state index in [9.17, 15) is 34.7 Å². The Bertz CT molecular complexity index is 1450. The van der Waals surface area contributed by atoms with Crippen LogP contribution in [0, 0.1) is 11.3 Å². The number of carbonyl (C=O) groups excluding carboxylic acids is 4. The number of phenolic OH excluding ortho intramolecular Hbond substituents is 1. The Morgan fingerprint density at radius 3 is 2.40 bits per heavy atom. The van der Waals surface area contributed by atoms with Gasteiger partial charge in [0.05, 0.1) is 24.6 Å². The zero-order valence-corrected chi connectivity index (χ0v) is 24.7. The highest BCUT2D eigenvalue weighted by Crippen LogP contribution is 2.43. The van der Waals surface area contributed by atoms with Gasteiger partial charge in [-0.3, -0.25) is 14.4 Å². The van der Waals surface area contributed by atoms with Gasteiger partial charge in [-0.25, -0.2) is 4.79 Å². The molecule has 2 aromatic carbocycles. The van der Waals surface area contributed by atoms with Crippen molar-refractivity contribution >= 4 is 35.4 Å². The summed E-state index contributed by atoms with van der Waals surface area (Å²) in [5.41, 5.74) is -0.816. The minimum absolute atomic E-state index is 0.0365. The molecule has 2 aliphatic heterocycles. The van der Waals surface area contributed by atoms with Crippen LogP contribution in [0.1, 0.15) is 50.5 Å². The molecule has 0 unspecified atom stereocenters. The standard InChI is InChI=1S/C28H32ClN5O9/c1-28(2,3)43-27(40)34-21-22(36)13-6-7-18(15(29)10-13)42-19-12-14(11-17(35)23(19)41-5)20(25(38)31-4)33-24(37)16(8-9-30)32-26(21)39/h6-7,10-12,16,20-22,35-36H,8H2,1-5H3,(H,31,38)(H,32,39)(H,33,37)(H,34,40)/t16-,20-,21+,22+/m1/s1. The van der Waals surface area contributed by atoms with Gasteiger partial charge in [0.1, 0.15) is 35.6 Å². The van der Waals surface area contributed by atoms with E-state index < -0.39 is 65.8 Å². The maximum atomic E-state index is 13.5. The van der Waals surface area contributed by atoms with Crippen LogP contribution in [0.15, 0.2) is 30.3 Å². The topological polar surface area (TPSA) is 208 Å². The van der Waals surface area contributed by atoms with Crippen LogP contribution in [0.4, 0.5) is 4.79 Å². The summed E-state index contributed by atoms with van der Waals surface area (Å²) in [5, 5.41) is 40.8. The Labute approximate surface area is 252 Å². The number of alkyl carbamates (subject to hydrolysis) is 1. The molecule has 6 N–H and O–H groups in total. The zero-order chi connectivity index (χ0) is 32.1. The fourth-order valence-corrected chi connectivity index (χ4v) is 4.35. The van der Waals surface area contributed by atoms with Gasteiger partial charge in [0.15, 0.2) is 11.5 Å². The summed E-state index contributed by atoms with van der Waals surface area (Å²) >= 11 is 6.46. The van der Waals surface area contributed by atoms with E-state index >= 15 is 0 Å². The largest absolute Gasteiger partial charge is 0.504 e. The summed E-state index contributed by atoms with van der Waals surface area (Å²) in [5.74, 6) is -3.29. The molecule has 4 rings (SSSR count). The number of nitriles is 1. The number of phenols is 1. The number of hydrogen-bond acceptors (Lipinski definition) is 10. The van der Waals surface area contributed by atoms with Crippen molar-refractivity contribution < 1.29 is 43.6 Å². The third-order valence-corrected chi connectivity index (χ3v) is 6.40. The number of benzene rings is 2. The maximum Gasteiger partial charge on any atom is 0.408 e. The fourth-order valence-electron chi connectivity index (χ4n) is 4.12. The van der Waals surface area contributed by atoms with Crippen molar-refractivity contribution in [2.75, 3.05) is 14.2 Å². The number of methoxy groups -OCH3 is 1. The lowest BCUT2D eigenvalue weighted by atomic mass is 10.00. The molecule has 43 heavy (non-hydrogen) atoms. The number of nitrogens with zero attached hydrogens (tertiary/aromatic N) is 1. The number of aliphatic hydroxyl groups is 1. The molecule has 0 aliphatic carbocycles. The average Bonchev–Trinajstić information content (AvgIpc) is 2.92. The van der Waals surface area contributed by atoms with E-state index in [1.807, 2.05) is 0 Å². The first-order valence-electron chi connectivity index (χ1n) is 12.9. The second-order valence-electron chi connectivity index (χ2n) is 10.4. The number of nitrogens with one attached hydrogen (secondary N) is 4. The number of halogens is 1. The third kappa shape index (κ3) is 7.97. The van der Waals surface area contributed by atoms with Crippen LogP contribution in [0.3, 0.4) is 0 Å². The van der Waals surface area contributed by atoms with Crippen LogP contribution in [0.2, 0.25) is 5.02 Å². The maximum absolute atomic E-state index is 13.5. The van der Waals surface area contributed by atoms with E-state index in [-0.39, 0.29) is 33.4 Å². The van der Waals surface area contributed by atoms with Gasteiger partial charge in [-0.15, -0.1) is 0 Å². The smallest absolute Gasteiger partial charge is 0.408 e. The summed E-state index contributed by atoms with van der Waals surface area (Å²) < 4.78 is 16.4. The lowest BCUT2D eigenvalue weighted by Crippen LogP contribution is -2.56. The summed E-state index contributed by atoms with van der Waals surface area (Å²) in [4.78, 5) is 52.3.